The number of likely N-dealkylation sites (tertiary alicyclic amines) is 1. The molecule has 2 amide bonds. The van der Waals surface area contributed by atoms with Crippen molar-refractivity contribution in [3.63, 3.8) is 0 Å². The van der Waals surface area contributed by atoms with Crippen molar-refractivity contribution in [1.29, 1.82) is 0 Å². The van der Waals surface area contributed by atoms with Crippen LogP contribution in [0.5, 0.6) is 0 Å². The van der Waals surface area contributed by atoms with Crippen molar-refractivity contribution in [2.45, 2.75) is 25.1 Å². The molecule has 2 rings (SSSR count). The first-order valence-corrected chi connectivity index (χ1v) is 6.71. The maximum absolute atomic E-state index is 12.8. The third-order valence-corrected chi connectivity index (χ3v) is 3.83. The van der Waals surface area contributed by atoms with E-state index in [-0.39, 0.29) is 6.04 Å². The van der Waals surface area contributed by atoms with Gasteiger partial charge in [-0.15, -0.1) is 0 Å². The lowest BCUT2D eigenvalue weighted by Crippen LogP contribution is -2.47. The molecule has 0 unspecified atom stereocenters. The van der Waals surface area contributed by atoms with E-state index in [9.17, 15) is 22.8 Å². The summed E-state index contributed by atoms with van der Waals surface area (Å²) in [6.07, 6.45) is -3.16. The van der Waals surface area contributed by atoms with E-state index in [1.807, 2.05) is 0 Å². The highest BCUT2D eigenvalue weighted by molar-refractivity contribution is 5.78. The van der Waals surface area contributed by atoms with Crippen LogP contribution in [0.3, 0.4) is 0 Å². The van der Waals surface area contributed by atoms with Crippen LogP contribution in [0.2, 0.25) is 0 Å². The highest BCUT2D eigenvalue weighted by Gasteiger charge is 2.53. The first-order chi connectivity index (χ1) is 9.79. The summed E-state index contributed by atoms with van der Waals surface area (Å²) in [5, 5.41) is 11.5. The van der Waals surface area contributed by atoms with Crippen molar-refractivity contribution < 1.29 is 32.6 Å². The van der Waals surface area contributed by atoms with Crippen LogP contribution in [0.1, 0.15) is 12.8 Å². The van der Waals surface area contributed by atoms with Crippen LogP contribution in [0.15, 0.2) is 0 Å². The number of amides is 2. The molecule has 2 aliphatic rings. The Kier molecular flexibility index (Phi) is 4.60. The second-order valence-electron chi connectivity index (χ2n) is 5.36. The molecule has 3 atom stereocenters. The Morgan fingerprint density at radius 2 is 2.00 bits per heavy atom. The van der Waals surface area contributed by atoms with Crippen molar-refractivity contribution in [3.05, 3.63) is 0 Å². The Morgan fingerprint density at radius 1 is 1.29 bits per heavy atom. The van der Waals surface area contributed by atoms with Gasteiger partial charge in [-0.3, -0.25) is 4.79 Å². The SMILES string of the molecule is O=C(O)[C@@H]1CN(C(=O)N[C@H]2CCCOC2)C[C@H]1C(F)(F)F. The van der Waals surface area contributed by atoms with Gasteiger partial charge in [0.15, 0.2) is 0 Å². The summed E-state index contributed by atoms with van der Waals surface area (Å²) < 4.78 is 43.6. The molecule has 2 heterocycles. The molecule has 0 saturated carbocycles. The van der Waals surface area contributed by atoms with Gasteiger partial charge >= 0.3 is 18.2 Å². The van der Waals surface area contributed by atoms with Gasteiger partial charge in [0.1, 0.15) is 0 Å². The summed E-state index contributed by atoms with van der Waals surface area (Å²) in [5.74, 6) is -5.17. The highest BCUT2D eigenvalue weighted by Crippen LogP contribution is 2.37. The van der Waals surface area contributed by atoms with Gasteiger partial charge in [0.05, 0.1) is 24.5 Å². The Hall–Kier alpha value is -1.51. The minimum atomic E-state index is -4.63. The summed E-state index contributed by atoms with van der Waals surface area (Å²) in [7, 11) is 0. The lowest BCUT2D eigenvalue weighted by molar-refractivity contribution is -0.187. The molecular weight excluding hydrogens is 293 g/mol. The van der Waals surface area contributed by atoms with Crippen LogP contribution in [-0.2, 0) is 9.53 Å². The zero-order valence-corrected chi connectivity index (χ0v) is 11.2. The minimum Gasteiger partial charge on any atom is -0.481 e. The second-order valence-corrected chi connectivity index (χ2v) is 5.36. The maximum atomic E-state index is 12.8. The fourth-order valence-corrected chi connectivity index (χ4v) is 2.67. The summed E-state index contributed by atoms with van der Waals surface area (Å²) >= 11 is 0. The molecule has 0 radical (unpaired) electrons. The van der Waals surface area contributed by atoms with E-state index in [4.69, 9.17) is 9.84 Å². The van der Waals surface area contributed by atoms with E-state index in [0.29, 0.717) is 19.6 Å². The number of carboxylic acid groups (broad SMARTS) is 1. The average Bonchev–Trinajstić information content (AvgIpc) is 2.85. The molecule has 6 nitrogen and oxygen atoms in total. The van der Waals surface area contributed by atoms with Crippen molar-refractivity contribution in [1.82, 2.24) is 10.2 Å². The van der Waals surface area contributed by atoms with Gasteiger partial charge in [0.25, 0.3) is 0 Å². The monoisotopic (exact) mass is 310 g/mol. The number of aliphatic carboxylic acids is 1. The molecule has 2 fully saturated rings. The van der Waals surface area contributed by atoms with Crippen molar-refractivity contribution >= 4 is 12.0 Å². The normalized spacial score (nSPS) is 30.2. The van der Waals surface area contributed by atoms with E-state index in [1.165, 1.54) is 0 Å². The molecule has 0 aromatic heterocycles. The number of halogens is 3. The van der Waals surface area contributed by atoms with Gasteiger partial charge in [-0.1, -0.05) is 0 Å². The van der Waals surface area contributed by atoms with Gasteiger partial charge < -0.3 is 20.1 Å². The fourth-order valence-electron chi connectivity index (χ4n) is 2.67. The molecule has 120 valence electrons. The van der Waals surface area contributed by atoms with Crippen LogP contribution in [0, 0.1) is 11.8 Å². The van der Waals surface area contributed by atoms with Crippen LogP contribution >= 0.6 is 0 Å². The number of carbonyl (C=O) groups excluding carboxylic acids is 1. The van der Waals surface area contributed by atoms with Gasteiger partial charge in [0.2, 0.25) is 0 Å². The summed E-state index contributed by atoms with van der Waals surface area (Å²) in [6.45, 7) is -0.128. The standard InChI is InChI=1S/C12H17F3N2O4/c13-12(14,15)9-5-17(4-8(9)10(18)19)11(20)16-7-2-1-3-21-6-7/h7-9H,1-6H2,(H,16,20)(H,18,19)/t7-,8+,9+/m0/s1. The zero-order chi connectivity index (χ0) is 15.6. The number of ether oxygens (including phenoxy) is 1. The number of hydrogen-bond acceptors (Lipinski definition) is 3. The summed E-state index contributed by atoms with van der Waals surface area (Å²) in [6, 6.07) is -0.900. The number of carbonyl (C=O) groups is 2. The van der Waals surface area contributed by atoms with E-state index in [1.54, 1.807) is 0 Å². The van der Waals surface area contributed by atoms with Crippen LogP contribution < -0.4 is 5.32 Å². The smallest absolute Gasteiger partial charge is 0.394 e. The van der Waals surface area contributed by atoms with Crippen LogP contribution in [0.25, 0.3) is 0 Å². The van der Waals surface area contributed by atoms with E-state index in [2.05, 4.69) is 5.32 Å². The van der Waals surface area contributed by atoms with Gasteiger partial charge in [-0.25, -0.2) is 4.79 Å². The Bertz CT molecular complexity index is 410. The molecule has 0 aliphatic carbocycles. The third kappa shape index (κ3) is 3.78. The fraction of sp³-hybridized carbons (Fsp3) is 0.833. The lowest BCUT2D eigenvalue weighted by atomic mass is 9.96. The van der Waals surface area contributed by atoms with Crippen LogP contribution in [-0.4, -0.2) is 60.5 Å². The Balaban J connectivity index is 1.97. The predicted octanol–water partition coefficient (Wildman–Crippen LogP) is 1.07. The zero-order valence-electron chi connectivity index (χ0n) is 11.2. The number of alkyl halides is 3. The molecule has 21 heavy (non-hydrogen) atoms. The van der Waals surface area contributed by atoms with Gasteiger partial charge in [0, 0.05) is 19.7 Å². The molecule has 0 aromatic carbocycles. The minimum absolute atomic E-state index is 0.237. The number of nitrogens with zero attached hydrogens (tertiary/aromatic N) is 1. The first-order valence-electron chi connectivity index (χ1n) is 6.71. The Labute approximate surface area is 119 Å². The van der Waals surface area contributed by atoms with Crippen molar-refractivity contribution in [3.8, 4) is 0 Å². The Morgan fingerprint density at radius 3 is 2.48 bits per heavy atom. The number of urea groups is 1. The van der Waals surface area contributed by atoms with E-state index in [0.717, 1.165) is 11.3 Å². The number of hydrogen-bond donors (Lipinski definition) is 2. The largest absolute Gasteiger partial charge is 0.481 e. The van der Waals surface area contributed by atoms with E-state index >= 15 is 0 Å². The molecule has 0 bridgehead atoms. The lowest BCUT2D eigenvalue weighted by Gasteiger charge is -2.26. The first kappa shape index (κ1) is 15.9. The van der Waals surface area contributed by atoms with Crippen LogP contribution in [0.4, 0.5) is 18.0 Å². The number of rotatable bonds is 2. The van der Waals surface area contributed by atoms with Crippen molar-refractivity contribution in [2.75, 3.05) is 26.3 Å². The van der Waals surface area contributed by atoms with Crippen molar-refractivity contribution in [2.24, 2.45) is 11.8 Å². The molecular formula is C12H17F3N2O4. The molecule has 0 aromatic rings. The van der Waals surface area contributed by atoms with Gasteiger partial charge in [-0.05, 0) is 12.8 Å². The molecule has 9 heteroatoms. The maximum Gasteiger partial charge on any atom is 0.394 e. The molecule has 0 spiro atoms. The summed E-state index contributed by atoms with van der Waals surface area (Å²) in [5.41, 5.74) is 0. The highest BCUT2D eigenvalue weighted by atomic mass is 19.4. The molecule has 2 saturated heterocycles. The average molecular weight is 310 g/mol. The quantitative estimate of drug-likeness (QED) is 0.800. The molecule has 2 aliphatic heterocycles. The van der Waals surface area contributed by atoms with Gasteiger partial charge in [-0.2, -0.15) is 13.2 Å². The topological polar surface area (TPSA) is 78.9 Å². The second kappa shape index (κ2) is 6.08. The third-order valence-electron chi connectivity index (χ3n) is 3.83. The number of nitrogens with one attached hydrogen (secondary N) is 1. The molecule has 2 N–H and O–H groups in total. The predicted molar refractivity (Wildman–Crippen MR) is 64.6 cm³/mol. The van der Waals surface area contributed by atoms with E-state index < -0.39 is 43.1 Å². The summed E-state index contributed by atoms with van der Waals surface area (Å²) in [4.78, 5) is 23.8. The number of carboxylic acids is 1.